The number of hydrogen-bond acceptors (Lipinski definition) is 4. The smallest absolute Gasteiger partial charge is 0.183 e. The number of aliphatic hydroxyl groups is 2. The second-order valence-corrected chi connectivity index (χ2v) is 15.0. The Balaban J connectivity index is 1.53. The molecule has 36 heavy (non-hydrogen) atoms. The lowest BCUT2D eigenvalue weighted by Crippen LogP contribution is -2.40. The first-order chi connectivity index (χ1) is 16.9. The molecule has 2 N–H and O–H groups in total. The molecule has 0 bridgehead atoms. The average Bonchev–Trinajstić information content (AvgIpc) is 3.18. The molecule has 1 aromatic carbocycles. The van der Waals surface area contributed by atoms with Crippen LogP contribution in [0.2, 0.25) is 0 Å². The first-order valence-corrected chi connectivity index (χ1v) is 15.1. The molecule has 3 aliphatic rings. The Hall–Kier alpha value is -1.69. The van der Waals surface area contributed by atoms with E-state index in [0.29, 0.717) is 41.9 Å². The Labute approximate surface area is 218 Å². The molecule has 4 nitrogen and oxygen atoms in total. The third kappa shape index (κ3) is 5.04. The minimum atomic E-state index is -3.43. The van der Waals surface area contributed by atoms with Gasteiger partial charge in [-0.15, -0.1) is 0 Å². The molecule has 0 aliphatic heterocycles. The predicted molar refractivity (Wildman–Crippen MR) is 146 cm³/mol. The number of aliphatic hydroxyl groups excluding tert-OH is 2. The van der Waals surface area contributed by atoms with Crippen molar-refractivity contribution in [3.63, 3.8) is 0 Å². The first kappa shape index (κ1) is 27.3. The van der Waals surface area contributed by atoms with Crippen LogP contribution in [-0.4, -0.2) is 35.6 Å². The van der Waals surface area contributed by atoms with Crippen LogP contribution < -0.4 is 0 Å². The molecule has 3 aliphatic carbocycles. The Morgan fingerprint density at radius 2 is 1.86 bits per heavy atom. The van der Waals surface area contributed by atoms with Gasteiger partial charge in [0.2, 0.25) is 0 Å². The molecule has 0 radical (unpaired) electrons. The highest BCUT2D eigenvalue weighted by Gasteiger charge is 2.52. The van der Waals surface area contributed by atoms with Crippen molar-refractivity contribution in [1.29, 1.82) is 0 Å². The van der Waals surface area contributed by atoms with Gasteiger partial charge < -0.3 is 10.2 Å². The summed E-state index contributed by atoms with van der Waals surface area (Å²) >= 11 is 0. The lowest BCUT2D eigenvalue weighted by Gasteiger charge is -2.45. The Morgan fingerprint density at radius 1 is 1.17 bits per heavy atom. The maximum absolute atomic E-state index is 13.5. The summed E-state index contributed by atoms with van der Waals surface area (Å²) in [7, 11) is -3.43. The van der Waals surface area contributed by atoms with Crippen LogP contribution in [0.4, 0.5) is 0 Å². The zero-order valence-electron chi connectivity index (χ0n) is 22.4. The van der Waals surface area contributed by atoms with Gasteiger partial charge in [-0.1, -0.05) is 56.4 Å². The van der Waals surface area contributed by atoms with E-state index < -0.39 is 26.8 Å². The van der Waals surface area contributed by atoms with Crippen LogP contribution in [0.15, 0.2) is 70.7 Å². The minimum absolute atomic E-state index is 0.164. The molecule has 0 heterocycles. The topological polar surface area (TPSA) is 74.6 Å². The zero-order valence-corrected chi connectivity index (χ0v) is 23.2. The summed E-state index contributed by atoms with van der Waals surface area (Å²) in [6.45, 7) is 12.5. The van der Waals surface area contributed by atoms with E-state index in [1.807, 2.05) is 19.9 Å². The normalized spacial score (nSPS) is 34.7. The van der Waals surface area contributed by atoms with Gasteiger partial charge in [0.25, 0.3) is 0 Å². The van der Waals surface area contributed by atoms with Gasteiger partial charge in [-0.05, 0) is 105 Å². The molecule has 6 atom stereocenters. The van der Waals surface area contributed by atoms with Crippen LogP contribution >= 0.6 is 0 Å². The second-order valence-electron chi connectivity index (χ2n) is 12.4. The van der Waals surface area contributed by atoms with Gasteiger partial charge in [0.15, 0.2) is 9.84 Å². The lowest BCUT2D eigenvalue weighted by molar-refractivity contribution is 0.0860. The van der Waals surface area contributed by atoms with Crippen molar-refractivity contribution in [1.82, 2.24) is 0 Å². The van der Waals surface area contributed by atoms with Crippen LogP contribution in [0.5, 0.6) is 0 Å². The molecule has 0 spiro atoms. The number of rotatable bonds is 6. The van der Waals surface area contributed by atoms with Crippen LogP contribution in [-0.2, 0) is 9.84 Å². The number of hydrogen-bond donors (Lipinski definition) is 2. The van der Waals surface area contributed by atoms with Gasteiger partial charge >= 0.3 is 0 Å². The molecule has 4 rings (SSSR count). The fourth-order valence-electron chi connectivity index (χ4n) is 7.63. The molecule has 3 fully saturated rings. The molecular weight excluding hydrogens is 468 g/mol. The maximum atomic E-state index is 13.5. The van der Waals surface area contributed by atoms with E-state index in [4.69, 9.17) is 0 Å². The fraction of sp³-hybridized carbons (Fsp3) is 0.613. The highest BCUT2D eigenvalue weighted by molar-refractivity contribution is 7.92. The average molecular weight is 513 g/mol. The molecule has 5 heteroatoms. The van der Waals surface area contributed by atoms with Gasteiger partial charge in [-0.3, -0.25) is 0 Å². The van der Waals surface area contributed by atoms with Crippen molar-refractivity contribution in [3.05, 3.63) is 65.8 Å². The van der Waals surface area contributed by atoms with Crippen LogP contribution in [0, 0.1) is 23.2 Å². The van der Waals surface area contributed by atoms with E-state index in [2.05, 4.69) is 32.6 Å². The number of allylic oxidation sites excluding steroid dienone is 3. The summed E-state index contributed by atoms with van der Waals surface area (Å²) in [6, 6.07) is 8.86. The van der Waals surface area contributed by atoms with E-state index in [1.165, 1.54) is 12.0 Å². The molecule has 0 aromatic heterocycles. The Kier molecular flexibility index (Phi) is 7.77. The largest absolute Gasteiger partial charge is 0.393 e. The Morgan fingerprint density at radius 3 is 2.56 bits per heavy atom. The Bertz CT molecular complexity index is 1130. The van der Waals surface area contributed by atoms with Crippen LogP contribution in [0.1, 0.15) is 79.1 Å². The summed E-state index contributed by atoms with van der Waals surface area (Å²) in [5.74, 6) is 1.28. The van der Waals surface area contributed by atoms with E-state index in [0.717, 1.165) is 36.8 Å². The third-order valence-corrected chi connectivity index (χ3v) is 12.1. The summed E-state index contributed by atoms with van der Waals surface area (Å²) in [4.78, 5) is 0.410. The molecular formula is C31H44O4S. The van der Waals surface area contributed by atoms with Crippen molar-refractivity contribution < 1.29 is 18.6 Å². The fourth-order valence-corrected chi connectivity index (χ4v) is 9.26. The highest BCUT2D eigenvalue weighted by atomic mass is 32.2. The first-order valence-electron chi connectivity index (χ1n) is 13.6. The monoisotopic (exact) mass is 512 g/mol. The van der Waals surface area contributed by atoms with Gasteiger partial charge in [-0.2, -0.15) is 0 Å². The van der Waals surface area contributed by atoms with E-state index in [9.17, 15) is 18.6 Å². The van der Waals surface area contributed by atoms with Crippen molar-refractivity contribution in [3.8, 4) is 0 Å². The van der Waals surface area contributed by atoms with Crippen molar-refractivity contribution >= 4 is 9.84 Å². The van der Waals surface area contributed by atoms with Gasteiger partial charge in [-0.25, -0.2) is 8.42 Å². The molecule has 0 saturated heterocycles. The van der Waals surface area contributed by atoms with Crippen molar-refractivity contribution in [2.24, 2.45) is 23.2 Å². The third-order valence-electron chi connectivity index (χ3n) is 9.58. The molecule has 1 aromatic rings. The second kappa shape index (κ2) is 10.2. The van der Waals surface area contributed by atoms with Crippen molar-refractivity contribution in [2.45, 2.75) is 101 Å². The summed E-state index contributed by atoms with van der Waals surface area (Å²) in [5, 5.41) is 20.3. The summed E-state index contributed by atoms with van der Waals surface area (Å²) in [5.41, 5.74) is 3.31. The van der Waals surface area contributed by atoms with E-state index >= 15 is 0 Å². The van der Waals surface area contributed by atoms with Crippen LogP contribution in [0.25, 0.3) is 0 Å². The van der Waals surface area contributed by atoms with E-state index in [-0.39, 0.29) is 5.41 Å². The number of sulfone groups is 1. The van der Waals surface area contributed by atoms with Gasteiger partial charge in [0.05, 0.1) is 21.9 Å². The standard InChI is InChI=1S/C31H44O4S/c1-21(20-30(3,4)36(34,35)26-11-7-6-8-12-26)27-15-16-28-23(10-9-17-31(27,28)5)13-14-24-18-25(32)19-29(33)22(24)2/h6-8,11-14,21,25,27-29,32-33H,2,9-10,15-20H2,1,3-5H3/b23-13+,24-14-/t21-,25?,27-,28+,29?,31-/m1/s1. The quantitative estimate of drug-likeness (QED) is 0.462. The van der Waals surface area contributed by atoms with Gasteiger partial charge in [0, 0.05) is 6.42 Å². The summed E-state index contributed by atoms with van der Waals surface area (Å²) in [6.07, 6.45) is 10.4. The summed E-state index contributed by atoms with van der Waals surface area (Å²) < 4.78 is 26.1. The SMILES string of the molecule is C=C1/C(=C\C=C2/CCC[C@]3(C)[C@@H]([C@H](C)CC(C)(C)S(=O)(=O)c4ccccc4)CC[C@@H]23)CC(O)CC1O. The number of benzene rings is 1. The van der Waals surface area contributed by atoms with Crippen LogP contribution in [0.3, 0.4) is 0 Å². The molecule has 198 valence electrons. The molecule has 2 unspecified atom stereocenters. The maximum Gasteiger partial charge on any atom is 0.183 e. The number of fused-ring (bicyclic) bond motifs is 1. The predicted octanol–water partition coefficient (Wildman–Crippen LogP) is 6.41. The minimum Gasteiger partial charge on any atom is -0.393 e. The van der Waals surface area contributed by atoms with E-state index in [1.54, 1.807) is 24.3 Å². The zero-order chi connectivity index (χ0) is 26.3. The molecule has 3 saturated carbocycles. The van der Waals surface area contributed by atoms with Crippen molar-refractivity contribution in [2.75, 3.05) is 0 Å². The van der Waals surface area contributed by atoms with Gasteiger partial charge in [0.1, 0.15) is 0 Å². The molecule has 0 amide bonds. The highest BCUT2D eigenvalue weighted by Crippen LogP contribution is 2.60. The lowest BCUT2D eigenvalue weighted by atomic mass is 9.60.